The van der Waals surface area contributed by atoms with Crippen molar-refractivity contribution in [3.8, 4) is 0 Å². The Morgan fingerprint density at radius 1 is 1.37 bits per heavy atom. The van der Waals surface area contributed by atoms with Crippen LogP contribution in [-0.4, -0.2) is 44.2 Å². The number of rotatable bonds is 6. The van der Waals surface area contributed by atoms with Gasteiger partial charge >= 0.3 is 0 Å². The van der Waals surface area contributed by atoms with Gasteiger partial charge in [0.2, 0.25) is 0 Å². The Balaban J connectivity index is 1.83. The molecule has 1 saturated heterocycles. The predicted octanol–water partition coefficient (Wildman–Crippen LogP) is 1.03. The average Bonchev–Trinajstić information content (AvgIpc) is 2.84. The Morgan fingerprint density at radius 3 is 2.74 bits per heavy atom. The van der Waals surface area contributed by atoms with Crippen molar-refractivity contribution in [1.82, 2.24) is 25.1 Å². The SMILES string of the molecule is CCCCn1nnnc1CN1CCC(C(C)N)CC1. The van der Waals surface area contributed by atoms with Gasteiger partial charge in [-0.15, -0.1) is 5.10 Å². The Hall–Kier alpha value is -1.01. The van der Waals surface area contributed by atoms with Crippen LogP contribution in [0.3, 0.4) is 0 Å². The monoisotopic (exact) mass is 266 g/mol. The summed E-state index contributed by atoms with van der Waals surface area (Å²) in [6, 6.07) is 0.317. The van der Waals surface area contributed by atoms with E-state index in [1.165, 1.54) is 19.3 Å². The summed E-state index contributed by atoms with van der Waals surface area (Å²) < 4.78 is 1.95. The molecule has 1 aliphatic rings. The van der Waals surface area contributed by atoms with Gasteiger partial charge in [0.05, 0.1) is 6.54 Å². The highest BCUT2D eigenvalue weighted by atomic mass is 15.5. The molecule has 19 heavy (non-hydrogen) atoms. The number of aryl methyl sites for hydroxylation is 1. The molecule has 0 spiro atoms. The molecular formula is C13H26N6. The van der Waals surface area contributed by atoms with Crippen LogP contribution in [0.1, 0.15) is 45.4 Å². The van der Waals surface area contributed by atoms with E-state index in [4.69, 9.17) is 5.73 Å². The van der Waals surface area contributed by atoms with Gasteiger partial charge in [-0.25, -0.2) is 4.68 Å². The molecular weight excluding hydrogens is 240 g/mol. The minimum atomic E-state index is 0.317. The molecule has 0 saturated carbocycles. The fourth-order valence-electron chi connectivity index (χ4n) is 2.65. The number of hydrogen-bond acceptors (Lipinski definition) is 5. The lowest BCUT2D eigenvalue weighted by Gasteiger charge is -2.33. The molecule has 1 atom stereocenters. The molecule has 0 amide bonds. The van der Waals surface area contributed by atoms with Crippen molar-refractivity contribution in [3.63, 3.8) is 0 Å². The summed E-state index contributed by atoms with van der Waals surface area (Å²) >= 11 is 0. The molecule has 2 N–H and O–H groups in total. The van der Waals surface area contributed by atoms with Gasteiger partial charge < -0.3 is 5.73 Å². The fourth-order valence-corrected chi connectivity index (χ4v) is 2.65. The Kier molecular flexibility index (Phi) is 5.27. The third-order valence-electron chi connectivity index (χ3n) is 4.07. The van der Waals surface area contributed by atoms with E-state index in [-0.39, 0.29) is 0 Å². The summed E-state index contributed by atoms with van der Waals surface area (Å²) in [6.07, 6.45) is 4.67. The lowest BCUT2D eigenvalue weighted by molar-refractivity contribution is 0.160. The zero-order chi connectivity index (χ0) is 13.7. The van der Waals surface area contributed by atoms with E-state index < -0.39 is 0 Å². The molecule has 0 aromatic carbocycles. The largest absolute Gasteiger partial charge is 0.328 e. The number of nitrogens with zero attached hydrogens (tertiary/aromatic N) is 5. The maximum Gasteiger partial charge on any atom is 0.165 e. The van der Waals surface area contributed by atoms with Crippen LogP contribution in [0.4, 0.5) is 0 Å². The molecule has 1 aliphatic heterocycles. The number of nitrogens with two attached hydrogens (primary N) is 1. The van der Waals surface area contributed by atoms with E-state index >= 15 is 0 Å². The third-order valence-corrected chi connectivity index (χ3v) is 4.07. The second kappa shape index (κ2) is 6.96. The van der Waals surface area contributed by atoms with Gasteiger partial charge in [0.1, 0.15) is 0 Å². The van der Waals surface area contributed by atoms with Crippen LogP contribution < -0.4 is 5.73 Å². The van der Waals surface area contributed by atoms with Crippen LogP contribution in [0.15, 0.2) is 0 Å². The van der Waals surface area contributed by atoms with Gasteiger partial charge in [0, 0.05) is 12.6 Å². The van der Waals surface area contributed by atoms with Gasteiger partial charge in [0.25, 0.3) is 0 Å². The zero-order valence-corrected chi connectivity index (χ0v) is 12.1. The quantitative estimate of drug-likeness (QED) is 0.832. The number of aromatic nitrogens is 4. The molecule has 0 radical (unpaired) electrons. The summed E-state index contributed by atoms with van der Waals surface area (Å²) in [4.78, 5) is 2.44. The van der Waals surface area contributed by atoms with Crippen molar-refractivity contribution in [3.05, 3.63) is 5.82 Å². The van der Waals surface area contributed by atoms with E-state index in [2.05, 4.69) is 34.3 Å². The molecule has 0 bridgehead atoms. The standard InChI is InChI=1S/C13H26N6/c1-3-4-7-19-13(15-16-17-19)10-18-8-5-12(6-9-18)11(2)14/h11-12H,3-10,14H2,1-2H3. The number of likely N-dealkylation sites (tertiary alicyclic amines) is 1. The topological polar surface area (TPSA) is 72.9 Å². The molecule has 6 nitrogen and oxygen atoms in total. The summed E-state index contributed by atoms with van der Waals surface area (Å²) in [7, 11) is 0. The number of unbranched alkanes of at least 4 members (excludes halogenated alkanes) is 1. The van der Waals surface area contributed by atoms with E-state index in [1.54, 1.807) is 0 Å². The Bertz CT molecular complexity index is 367. The van der Waals surface area contributed by atoms with Gasteiger partial charge in [-0.2, -0.15) is 0 Å². The first-order valence-electron chi connectivity index (χ1n) is 7.43. The van der Waals surface area contributed by atoms with Crippen LogP contribution in [-0.2, 0) is 13.1 Å². The third kappa shape index (κ3) is 3.98. The maximum atomic E-state index is 5.97. The first kappa shape index (κ1) is 14.4. The van der Waals surface area contributed by atoms with E-state index in [0.717, 1.165) is 38.4 Å². The number of piperidine rings is 1. The van der Waals surface area contributed by atoms with Crippen LogP contribution in [0.5, 0.6) is 0 Å². The molecule has 1 aromatic heterocycles. The minimum Gasteiger partial charge on any atom is -0.328 e. The highest BCUT2D eigenvalue weighted by Crippen LogP contribution is 2.20. The second-order valence-electron chi connectivity index (χ2n) is 5.64. The normalized spacial score (nSPS) is 19.7. The average molecular weight is 266 g/mol. The molecule has 108 valence electrons. The molecule has 1 unspecified atom stereocenters. The van der Waals surface area contributed by atoms with Gasteiger partial charge in [-0.05, 0) is 55.6 Å². The predicted molar refractivity (Wildman–Crippen MR) is 74.4 cm³/mol. The highest BCUT2D eigenvalue weighted by Gasteiger charge is 2.23. The second-order valence-corrected chi connectivity index (χ2v) is 5.64. The van der Waals surface area contributed by atoms with Crippen LogP contribution in [0.2, 0.25) is 0 Å². The summed E-state index contributed by atoms with van der Waals surface area (Å²) in [5, 5.41) is 12.0. The number of tetrazole rings is 1. The Morgan fingerprint density at radius 2 is 2.11 bits per heavy atom. The molecule has 1 aromatic rings. The minimum absolute atomic E-state index is 0.317. The summed E-state index contributed by atoms with van der Waals surface area (Å²) in [5.41, 5.74) is 5.97. The van der Waals surface area contributed by atoms with Crippen molar-refractivity contribution in [2.75, 3.05) is 13.1 Å². The van der Waals surface area contributed by atoms with Crippen LogP contribution in [0.25, 0.3) is 0 Å². The molecule has 0 aliphatic carbocycles. The van der Waals surface area contributed by atoms with Gasteiger partial charge in [-0.3, -0.25) is 4.90 Å². The van der Waals surface area contributed by atoms with Crippen molar-refractivity contribution < 1.29 is 0 Å². The van der Waals surface area contributed by atoms with E-state index in [0.29, 0.717) is 12.0 Å². The zero-order valence-electron chi connectivity index (χ0n) is 12.1. The molecule has 6 heteroatoms. The molecule has 2 heterocycles. The van der Waals surface area contributed by atoms with Crippen molar-refractivity contribution in [2.24, 2.45) is 11.7 Å². The van der Waals surface area contributed by atoms with Crippen LogP contribution >= 0.6 is 0 Å². The summed E-state index contributed by atoms with van der Waals surface area (Å²) in [6.45, 7) is 8.30. The van der Waals surface area contributed by atoms with E-state index in [1.807, 2.05) is 4.68 Å². The van der Waals surface area contributed by atoms with Gasteiger partial charge in [0.15, 0.2) is 5.82 Å². The van der Waals surface area contributed by atoms with Gasteiger partial charge in [-0.1, -0.05) is 13.3 Å². The lowest BCUT2D eigenvalue weighted by Crippen LogP contribution is -2.39. The summed E-state index contributed by atoms with van der Waals surface area (Å²) in [5.74, 6) is 1.67. The first-order chi connectivity index (χ1) is 9.20. The smallest absolute Gasteiger partial charge is 0.165 e. The first-order valence-corrected chi connectivity index (χ1v) is 7.43. The highest BCUT2D eigenvalue weighted by molar-refractivity contribution is 4.84. The number of hydrogen-bond donors (Lipinski definition) is 1. The maximum absolute atomic E-state index is 5.97. The van der Waals surface area contributed by atoms with Crippen molar-refractivity contribution in [2.45, 2.75) is 58.7 Å². The molecule has 1 fully saturated rings. The molecule has 2 rings (SSSR count). The Labute approximate surface area is 115 Å². The van der Waals surface area contributed by atoms with E-state index in [9.17, 15) is 0 Å². The van der Waals surface area contributed by atoms with Crippen LogP contribution in [0, 0.1) is 5.92 Å². The fraction of sp³-hybridized carbons (Fsp3) is 0.923. The lowest BCUT2D eigenvalue weighted by atomic mass is 9.91. The van der Waals surface area contributed by atoms with Crippen molar-refractivity contribution in [1.29, 1.82) is 0 Å². The van der Waals surface area contributed by atoms with Crippen molar-refractivity contribution >= 4 is 0 Å².